The zero-order valence-corrected chi connectivity index (χ0v) is 13.5. The maximum absolute atomic E-state index is 6.39. The summed E-state index contributed by atoms with van der Waals surface area (Å²) in [5, 5.41) is 8.82. The molecule has 0 aliphatic carbocycles. The minimum Gasteiger partial charge on any atom is -0.308 e. The maximum atomic E-state index is 6.39. The summed E-state index contributed by atoms with van der Waals surface area (Å²) in [7, 11) is 0. The van der Waals surface area contributed by atoms with E-state index in [2.05, 4.69) is 50.2 Å². The van der Waals surface area contributed by atoms with Crippen LogP contribution in [0.3, 0.4) is 0 Å². The van der Waals surface area contributed by atoms with E-state index in [1.807, 2.05) is 23.7 Å². The topological polar surface area (TPSA) is 29.9 Å². The van der Waals surface area contributed by atoms with Gasteiger partial charge >= 0.3 is 0 Å². The molecule has 0 spiro atoms. The molecule has 1 aromatic carbocycles. The number of rotatable bonds is 3. The molecule has 0 aliphatic heterocycles. The fourth-order valence-electron chi connectivity index (χ4n) is 2.15. The zero-order chi connectivity index (χ0) is 14.9. The fraction of sp³-hybridized carbons (Fsp3) is 0.438. The van der Waals surface area contributed by atoms with Gasteiger partial charge in [0, 0.05) is 28.4 Å². The van der Waals surface area contributed by atoms with E-state index in [1.165, 1.54) is 0 Å². The minimum atomic E-state index is 0.0471. The Balaban J connectivity index is 2.43. The van der Waals surface area contributed by atoms with Gasteiger partial charge in [0.15, 0.2) is 0 Å². The summed E-state index contributed by atoms with van der Waals surface area (Å²) in [6.07, 6.45) is 0. The fourth-order valence-corrected chi connectivity index (χ4v) is 2.38. The van der Waals surface area contributed by atoms with Crippen molar-refractivity contribution in [3.8, 4) is 5.69 Å². The van der Waals surface area contributed by atoms with Crippen LogP contribution in [0.15, 0.2) is 24.3 Å². The molecule has 0 saturated heterocycles. The molecule has 4 heteroatoms. The van der Waals surface area contributed by atoms with Crippen LogP contribution in [0.1, 0.15) is 37.7 Å². The molecule has 0 unspecified atom stereocenters. The normalized spacial score (nSPS) is 11.9. The van der Waals surface area contributed by atoms with Gasteiger partial charge in [-0.2, -0.15) is 5.10 Å². The lowest BCUT2D eigenvalue weighted by Crippen LogP contribution is -2.35. The number of nitrogens with one attached hydrogen (secondary N) is 1. The van der Waals surface area contributed by atoms with E-state index in [9.17, 15) is 0 Å². The SMILES string of the molecule is Cc1cc(C)n(-c2cccc(Cl)c2CNC(C)(C)C)n1. The van der Waals surface area contributed by atoms with Crippen molar-refractivity contribution in [2.24, 2.45) is 0 Å². The summed E-state index contributed by atoms with van der Waals surface area (Å²) in [6, 6.07) is 8.03. The number of hydrogen-bond donors (Lipinski definition) is 1. The molecule has 0 saturated carbocycles. The molecule has 3 nitrogen and oxygen atoms in total. The first kappa shape index (κ1) is 15.1. The average molecular weight is 292 g/mol. The van der Waals surface area contributed by atoms with Gasteiger partial charge in [0.2, 0.25) is 0 Å². The predicted octanol–water partition coefficient (Wildman–Crippen LogP) is 4.03. The van der Waals surface area contributed by atoms with Gasteiger partial charge in [-0.1, -0.05) is 17.7 Å². The molecule has 0 fully saturated rings. The Hall–Kier alpha value is -1.32. The summed E-state index contributed by atoms with van der Waals surface area (Å²) >= 11 is 6.39. The monoisotopic (exact) mass is 291 g/mol. The lowest BCUT2D eigenvalue weighted by atomic mass is 10.1. The van der Waals surface area contributed by atoms with E-state index < -0.39 is 0 Å². The van der Waals surface area contributed by atoms with Gasteiger partial charge in [0.1, 0.15) is 0 Å². The Bertz CT molecular complexity index is 609. The van der Waals surface area contributed by atoms with Gasteiger partial charge in [-0.3, -0.25) is 0 Å². The quantitative estimate of drug-likeness (QED) is 0.925. The number of halogens is 1. The first-order valence-electron chi connectivity index (χ1n) is 6.84. The Kier molecular flexibility index (Phi) is 4.21. The Labute approximate surface area is 126 Å². The molecule has 1 N–H and O–H groups in total. The molecule has 0 radical (unpaired) electrons. The highest BCUT2D eigenvalue weighted by Gasteiger charge is 2.15. The van der Waals surface area contributed by atoms with Crippen molar-refractivity contribution in [2.45, 2.75) is 46.7 Å². The highest BCUT2D eigenvalue weighted by atomic mass is 35.5. The molecule has 2 aromatic rings. The van der Waals surface area contributed by atoms with E-state index in [0.717, 1.165) is 34.2 Å². The second kappa shape index (κ2) is 5.58. The number of nitrogens with zero attached hydrogens (tertiary/aromatic N) is 2. The van der Waals surface area contributed by atoms with Crippen LogP contribution in [0.5, 0.6) is 0 Å². The third-order valence-electron chi connectivity index (χ3n) is 3.13. The molecular formula is C16H22ClN3. The first-order chi connectivity index (χ1) is 9.28. The van der Waals surface area contributed by atoms with Crippen LogP contribution in [0.25, 0.3) is 5.69 Å². The number of hydrogen-bond acceptors (Lipinski definition) is 2. The molecule has 0 bridgehead atoms. The number of benzene rings is 1. The van der Waals surface area contributed by atoms with Crippen LogP contribution in [-0.2, 0) is 6.54 Å². The lowest BCUT2D eigenvalue weighted by Gasteiger charge is -2.22. The van der Waals surface area contributed by atoms with Gasteiger partial charge < -0.3 is 5.32 Å². The third-order valence-corrected chi connectivity index (χ3v) is 3.48. The largest absolute Gasteiger partial charge is 0.308 e. The average Bonchev–Trinajstić information content (AvgIpc) is 2.65. The molecule has 108 valence electrons. The third kappa shape index (κ3) is 3.41. The van der Waals surface area contributed by atoms with Crippen LogP contribution in [0.2, 0.25) is 5.02 Å². The predicted molar refractivity (Wildman–Crippen MR) is 84.6 cm³/mol. The van der Waals surface area contributed by atoms with Crippen molar-refractivity contribution in [2.75, 3.05) is 0 Å². The van der Waals surface area contributed by atoms with Crippen LogP contribution in [0, 0.1) is 13.8 Å². The van der Waals surface area contributed by atoms with Gasteiger partial charge in [0.25, 0.3) is 0 Å². The highest BCUT2D eigenvalue weighted by molar-refractivity contribution is 6.31. The smallest absolute Gasteiger partial charge is 0.0708 e. The van der Waals surface area contributed by atoms with Gasteiger partial charge in [-0.05, 0) is 52.8 Å². The summed E-state index contributed by atoms with van der Waals surface area (Å²) in [5.74, 6) is 0. The van der Waals surface area contributed by atoms with Crippen LogP contribution in [-0.4, -0.2) is 15.3 Å². The van der Waals surface area contributed by atoms with Crippen molar-refractivity contribution in [1.29, 1.82) is 0 Å². The van der Waals surface area contributed by atoms with Crippen LogP contribution in [0.4, 0.5) is 0 Å². The summed E-state index contributed by atoms with van der Waals surface area (Å²) in [4.78, 5) is 0. The van der Waals surface area contributed by atoms with E-state index in [-0.39, 0.29) is 5.54 Å². The van der Waals surface area contributed by atoms with Gasteiger partial charge in [-0.25, -0.2) is 4.68 Å². The number of aromatic nitrogens is 2. The molecular weight excluding hydrogens is 270 g/mol. The van der Waals surface area contributed by atoms with Crippen molar-refractivity contribution in [1.82, 2.24) is 15.1 Å². The molecule has 0 atom stereocenters. The first-order valence-corrected chi connectivity index (χ1v) is 7.22. The summed E-state index contributed by atoms with van der Waals surface area (Å²) in [6.45, 7) is 11.2. The second-order valence-corrected chi connectivity index (χ2v) is 6.59. The van der Waals surface area contributed by atoms with Crippen molar-refractivity contribution >= 4 is 11.6 Å². The van der Waals surface area contributed by atoms with Crippen LogP contribution >= 0.6 is 11.6 Å². The molecule has 1 aromatic heterocycles. The van der Waals surface area contributed by atoms with Crippen molar-refractivity contribution in [3.05, 3.63) is 46.2 Å². The standard InChI is InChI=1S/C16H22ClN3/c1-11-9-12(2)20(19-11)15-8-6-7-14(17)13(15)10-18-16(3,4)5/h6-9,18H,10H2,1-5H3. The molecule has 2 rings (SSSR count). The van der Waals surface area contributed by atoms with E-state index >= 15 is 0 Å². The Morgan fingerprint density at radius 3 is 2.50 bits per heavy atom. The van der Waals surface area contributed by atoms with Crippen molar-refractivity contribution < 1.29 is 0 Å². The van der Waals surface area contributed by atoms with E-state index in [0.29, 0.717) is 0 Å². The molecule has 20 heavy (non-hydrogen) atoms. The van der Waals surface area contributed by atoms with Crippen LogP contribution < -0.4 is 5.32 Å². The van der Waals surface area contributed by atoms with Crippen molar-refractivity contribution in [3.63, 3.8) is 0 Å². The lowest BCUT2D eigenvalue weighted by molar-refractivity contribution is 0.424. The number of aryl methyl sites for hydroxylation is 2. The van der Waals surface area contributed by atoms with Gasteiger partial charge in [-0.15, -0.1) is 0 Å². The minimum absolute atomic E-state index is 0.0471. The molecule has 0 amide bonds. The second-order valence-electron chi connectivity index (χ2n) is 6.18. The zero-order valence-electron chi connectivity index (χ0n) is 12.8. The van der Waals surface area contributed by atoms with E-state index in [4.69, 9.17) is 11.6 Å². The Morgan fingerprint density at radius 1 is 1.25 bits per heavy atom. The van der Waals surface area contributed by atoms with E-state index in [1.54, 1.807) is 0 Å². The summed E-state index contributed by atoms with van der Waals surface area (Å²) in [5.41, 5.74) is 4.29. The molecule has 1 heterocycles. The molecule has 0 aliphatic rings. The summed E-state index contributed by atoms with van der Waals surface area (Å²) < 4.78 is 1.96. The highest BCUT2D eigenvalue weighted by Crippen LogP contribution is 2.25. The van der Waals surface area contributed by atoms with Gasteiger partial charge in [0.05, 0.1) is 11.4 Å². The Morgan fingerprint density at radius 2 is 1.95 bits per heavy atom. The maximum Gasteiger partial charge on any atom is 0.0708 e.